The molecule has 9 aromatic rings. The van der Waals surface area contributed by atoms with Crippen LogP contribution < -0.4 is 5.32 Å². The Balaban J connectivity index is 1.14. The molecule has 0 saturated carbocycles. The largest absolute Gasteiger partial charge is 0.456 e. The van der Waals surface area contributed by atoms with Gasteiger partial charge in [-0.2, -0.15) is 0 Å². The summed E-state index contributed by atoms with van der Waals surface area (Å²) in [7, 11) is 0. The molecule has 10 rings (SSSR count). The van der Waals surface area contributed by atoms with Crippen LogP contribution in [0.25, 0.3) is 66.1 Å². The maximum Gasteiger partial charge on any atom is 0.159 e. The van der Waals surface area contributed by atoms with E-state index in [4.69, 9.17) is 18.8 Å². The van der Waals surface area contributed by atoms with E-state index >= 15 is 0 Å². The lowest BCUT2D eigenvalue weighted by Gasteiger charge is -2.24. The van der Waals surface area contributed by atoms with E-state index in [-0.39, 0.29) is 6.17 Å². The van der Waals surface area contributed by atoms with E-state index in [0.29, 0.717) is 5.84 Å². The summed E-state index contributed by atoms with van der Waals surface area (Å²) in [5, 5.41) is 7.92. The molecule has 236 valence electrons. The highest BCUT2D eigenvalue weighted by Gasteiger charge is 2.25. The van der Waals surface area contributed by atoms with E-state index in [0.717, 1.165) is 88.7 Å². The van der Waals surface area contributed by atoms with E-state index in [9.17, 15) is 0 Å². The fourth-order valence-electron chi connectivity index (χ4n) is 7.20. The quantitative estimate of drug-likeness (QED) is 0.203. The zero-order valence-corrected chi connectivity index (χ0v) is 26.9. The Hall–Kier alpha value is -6.72. The molecule has 5 nitrogen and oxygen atoms in total. The minimum Gasteiger partial charge on any atom is -0.456 e. The Morgan fingerprint density at radius 2 is 1.06 bits per heavy atom. The molecule has 0 saturated heterocycles. The number of rotatable bonds is 5. The Morgan fingerprint density at radius 3 is 1.88 bits per heavy atom. The minimum atomic E-state index is -0.384. The SMILES string of the molecule is c1ccc(-c2cccc(C3N=C(c4ccc5c(c4)oc4cccc(-c6ccccc6)c45)N=C(c4cccc5oc6ccccc6c45)N3)c2)cc1. The minimum absolute atomic E-state index is 0.384. The summed E-state index contributed by atoms with van der Waals surface area (Å²) >= 11 is 0. The first-order valence-corrected chi connectivity index (χ1v) is 16.8. The number of hydrogen-bond acceptors (Lipinski definition) is 5. The van der Waals surface area contributed by atoms with Crippen molar-refractivity contribution in [2.24, 2.45) is 9.98 Å². The van der Waals surface area contributed by atoms with Gasteiger partial charge in [0.2, 0.25) is 0 Å². The lowest BCUT2D eigenvalue weighted by molar-refractivity contribution is 0.667. The van der Waals surface area contributed by atoms with Gasteiger partial charge in [-0.05, 0) is 64.2 Å². The molecule has 0 fully saturated rings. The average molecular weight is 644 g/mol. The smallest absolute Gasteiger partial charge is 0.159 e. The normalized spacial score (nSPS) is 14.6. The molecular weight excluding hydrogens is 615 g/mol. The number of hydrogen-bond donors (Lipinski definition) is 1. The van der Waals surface area contributed by atoms with Gasteiger partial charge < -0.3 is 14.2 Å². The number of para-hydroxylation sites is 1. The first kappa shape index (κ1) is 28.3. The molecule has 0 spiro atoms. The molecule has 0 amide bonds. The predicted octanol–water partition coefficient (Wildman–Crippen LogP) is 11.3. The summed E-state index contributed by atoms with van der Waals surface area (Å²) in [6.45, 7) is 0. The summed E-state index contributed by atoms with van der Waals surface area (Å²) in [5.41, 5.74) is 10.8. The van der Waals surface area contributed by atoms with E-state index in [1.165, 1.54) is 0 Å². The lowest BCUT2D eigenvalue weighted by atomic mass is 9.99. The van der Waals surface area contributed by atoms with Gasteiger partial charge in [0, 0.05) is 32.7 Å². The number of nitrogens with zero attached hydrogens (tertiary/aromatic N) is 2. The van der Waals surface area contributed by atoms with E-state index in [1.807, 2.05) is 48.5 Å². The van der Waals surface area contributed by atoms with Gasteiger partial charge in [-0.25, -0.2) is 9.98 Å². The fraction of sp³-hybridized carbons (Fsp3) is 0.0222. The van der Waals surface area contributed by atoms with Crippen LogP contribution >= 0.6 is 0 Å². The highest BCUT2D eigenvalue weighted by Crippen LogP contribution is 2.38. The van der Waals surface area contributed by atoms with Crippen LogP contribution in [0.2, 0.25) is 0 Å². The van der Waals surface area contributed by atoms with Gasteiger partial charge in [-0.15, -0.1) is 0 Å². The molecule has 3 heterocycles. The molecular formula is C45H29N3O2. The van der Waals surface area contributed by atoms with Gasteiger partial charge in [0.25, 0.3) is 0 Å². The van der Waals surface area contributed by atoms with Crippen LogP contribution in [0.15, 0.2) is 183 Å². The van der Waals surface area contributed by atoms with Crippen molar-refractivity contribution in [1.29, 1.82) is 0 Å². The van der Waals surface area contributed by atoms with Gasteiger partial charge in [-0.3, -0.25) is 0 Å². The van der Waals surface area contributed by atoms with Crippen molar-refractivity contribution < 1.29 is 8.83 Å². The topological polar surface area (TPSA) is 63.0 Å². The number of aliphatic imine (C=N–C) groups is 2. The molecule has 1 atom stereocenters. The molecule has 1 aliphatic rings. The summed E-state index contributed by atoms with van der Waals surface area (Å²) in [5.74, 6) is 1.36. The summed E-state index contributed by atoms with van der Waals surface area (Å²) in [6, 6.07) is 56.3. The summed E-state index contributed by atoms with van der Waals surface area (Å²) in [4.78, 5) is 10.5. The maximum atomic E-state index is 6.50. The second kappa shape index (κ2) is 11.5. The van der Waals surface area contributed by atoms with E-state index in [1.54, 1.807) is 0 Å². The predicted molar refractivity (Wildman–Crippen MR) is 204 cm³/mol. The lowest BCUT2D eigenvalue weighted by Crippen LogP contribution is -2.33. The van der Waals surface area contributed by atoms with Crippen molar-refractivity contribution in [3.8, 4) is 22.3 Å². The first-order valence-electron chi connectivity index (χ1n) is 16.8. The van der Waals surface area contributed by atoms with E-state index < -0.39 is 0 Å². The summed E-state index contributed by atoms with van der Waals surface area (Å²) < 4.78 is 12.8. The van der Waals surface area contributed by atoms with Crippen LogP contribution in [0, 0.1) is 0 Å². The van der Waals surface area contributed by atoms with Crippen LogP contribution in [-0.2, 0) is 0 Å². The number of furan rings is 2. The van der Waals surface area contributed by atoms with Gasteiger partial charge in [-0.1, -0.05) is 127 Å². The van der Waals surface area contributed by atoms with Gasteiger partial charge in [0.15, 0.2) is 5.84 Å². The monoisotopic (exact) mass is 643 g/mol. The molecule has 1 N–H and O–H groups in total. The van der Waals surface area contributed by atoms with Crippen LogP contribution in [0.4, 0.5) is 0 Å². The second-order valence-corrected chi connectivity index (χ2v) is 12.6. The van der Waals surface area contributed by atoms with Crippen molar-refractivity contribution in [3.63, 3.8) is 0 Å². The fourth-order valence-corrected chi connectivity index (χ4v) is 7.20. The third-order valence-corrected chi connectivity index (χ3v) is 9.55. The number of fused-ring (bicyclic) bond motifs is 6. The summed E-state index contributed by atoms with van der Waals surface area (Å²) in [6.07, 6.45) is -0.384. The maximum absolute atomic E-state index is 6.50. The van der Waals surface area contributed by atoms with Gasteiger partial charge >= 0.3 is 0 Å². The Labute approximate surface area is 287 Å². The Bertz CT molecular complexity index is 2790. The zero-order chi connectivity index (χ0) is 33.0. The zero-order valence-electron chi connectivity index (χ0n) is 26.9. The third kappa shape index (κ3) is 4.71. The van der Waals surface area contributed by atoms with Crippen LogP contribution in [0.3, 0.4) is 0 Å². The molecule has 1 aliphatic heterocycles. The molecule has 50 heavy (non-hydrogen) atoms. The molecule has 0 bridgehead atoms. The van der Waals surface area contributed by atoms with Crippen molar-refractivity contribution >= 4 is 55.5 Å². The standard InChI is InChI=1S/C45H29N3O2/c1-3-12-28(13-4-1)30-16-9-17-31(26-30)43-46-44(48-45(47-43)36-20-11-23-39-42(36)34-18-7-8-21-37(34)49-39)32-24-25-35-40(27-32)50-38-22-10-19-33(41(35)38)29-14-5-2-6-15-29/h1-27,43H,(H,46,47,48). The van der Waals surface area contributed by atoms with Crippen molar-refractivity contribution in [2.75, 3.05) is 0 Å². The Morgan fingerprint density at radius 1 is 0.440 bits per heavy atom. The molecule has 1 unspecified atom stereocenters. The van der Waals surface area contributed by atoms with Crippen LogP contribution in [0.5, 0.6) is 0 Å². The number of amidine groups is 2. The molecule has 0 radical (unpaired) electrons. The average Bonchev–Trinajstić information content (AvgIpc) is 3.77. The van der Waals surface area contributed by atoms with Crippen LogP contribution in [-0.4, -0.2) is 11.7 Å². The first-order chi connectivity index (χ1) is 24.8. The molecule has 2 aromatic heterocycles. The molecule has 0 aliphatic carbocycles. The van der Waals surface area contributed by atoms with Crippen LogP contribution in [0.1, 0.15) is 22.9 Å². The van der Waals surface area contributed by atoms with Gasteiger partial charge in [0.1, 0.15) is 34.3 Å². The van der Waals surface area contributed by atoms with E-state index in [2.05, 4.69) is 121 Å². The second-order valence-electron chi connectivity index (χ2n) is 12.6. The Kier molecular flexibility index (Phi) is 6.49. The molecule has 5 heteroatoms. The van der Waals surface area contributed by atoms with Crippen molar-refractivity contribution in [1.82, 2.24) is 5.32 Å². The van der Waals surface area contributed by atoms with Gasteiger partial charge in [0.05, 0.1) is 0 Å². The number of benzene rings is 7. The highest BCUT2D eigenvalue weighted by molar-refractivity contribution is 6.22. The van der Waals surface area contributed by atoms with Crippen molar-refractivity contribution in [3.05, 3.63) is 180 Å². The number of nitrogens with one attached hydrogen (secondary N) is 1. The van der Waals surface area contributed by atoms with Crippen molar-refractivity contribution in [2.45, 2.75) is 6.17 Å². The highest BCUT2D eigenvalue weighted by atomic mass is 16.3. The third-order valence-electron chi connectivity index (χ3n) is 9.55. The molecule has 7 aromatic carbocycles.